The zero-order valence-electron chi connectivity index (χ0n) is 10.6. The molecule has 0 aliphatic heterocycles. The molecule has 0 amide bonds. The largest absolute Gasteiger partial charge is 0.508 e. The molecule has 2 rings (SSSR count). The van der Waals surface area contributed by atoms with E-state index < -0.39 is 0 Å². The average Bonchev–Trinajstić information content (AvgIpc) is 2.38. The molecule has 0 unspecified atom stereocenters. The Labute approximate surface area is 108 Å². The Morgan fingerprint density at radius 2 is 1.83 bits per heavy atom. The molecule has 0 radical (unpaired) electrons. The molecule has 1 N–H and O–H groups in total. The van der Waals surface area contributed by atoms with Gasteiger partial charge < -0.3 is 5.11 Å². The van der Waals surface area contributed by atoms with E-state index >= 15 is 0 Å². The van der Waals surface area contributed by atoms with Crippen LogP contribution in [0.2, 0.25) is 0 Å². The van der Waals surface area contributed by atoms with Crippen LogP contribution in [-0.4, -0.2) is 5.11 Å². The van der Waals surface area contributed by atoms with Gasteiger partial charge in [0.05, 0.1) is 0 Å². The smallest absolute Gasteiger partial charge is 0.116 e. The first-order valence-corrected chi connectivity index (χ1v) is 5.94. The Hall–Kier alpha value is -2.24. The maximum Gasteiger partial charge on any atom is 0.116 e. The molecular formula is C17H16O. The molecule has 0 aliphatic carbocycles. The molecule has 1 heteroatoms. The van der Waals surface area contributed by atoms with E-state index in [2.05, 4.69) is 36.9 Å². The standard InChI is InChI=1S/C17H16O/c1-13-6-9-15(10-7-13)11-8-14(2)16-4-3-5-17(18)12-16/h3-7,9-12,18H,1-2H3. The van der Waals surface area contributed by atoms with Crippen molar-refractivity contribution in [3.8, 4) is 5.75 Å². The Morgan fingerprint density at radius 1 is 1.11 bits per heavy atom. The fourth-order valence-corrected chi connectivity index (χ4v) is 1.68. The maximum atomic E-state index is 9.43. The Bertz CT molecular complexity index is 600. The lowest BCUT2D eigenvalue weighted by atomic mass is 10.1. The van der Waals surface area contributed by atoms with E-state index in [4.69, 9.17) is 0 Å². The van der Waals surface area contributed by atoms with Crippen molar-refractivity contribution >= 4 is 11.6 Å². The van der Waals surface area contributed by atoms with Gasteiger partial charge in [-0.3, -0.25) is 0 Å². The van der Waals surface area contributed by atoms with Gasteiger partial charge in [0.25, 0.3) is 0 Å². The van der Waals surface area contributed by atoms with E-state index in [1.807, 2.05) is 25.1 Å². The number of phenolic OH excluding ortho intramolecular Hbond substituents is 1. The summed E-state index contributed by atoms with van der Waals surface area (Å²) in [6, 6.07) is 15.5. The van der Waals surface area contributed by atoms with E-state index in [1.54, 1.807) is 12.1 Å². The number of hydrogen-bond acceptors (Lipinski definition) is 1. The van der Waals surface area contributed by atoms with Gasteiger partial charge in [0.15, 0.2) is 0 Å². The average molecular weight is 236 g/mol. The molecule has 0 aromatic heterocycles. The summed E-state index contributed by atoms with van der Waals surface area (Å²) in [5.41, 5.74) is 7.61. The van der Waals surface area contributed by atoms with E-state index in [0.717, 1.165) is 16.7 Å². The molecule has 0 saturated carbocycles. The van der Waals surface area contributed by atoms with Gasteiger partial charge in [-0.1, -0.05) is 42.0 Å². The van der Waals surface area contributed by atoms with Gasteiger partial charge in [0.2, 0.25) is 0 Å². The van der Waals surface area contributed by atoms with Gasteiger partial charge in [-0.2, -0.15) is 0 Å². The van der Waals surface area contributed by atoms with Crippen LogP contribution in [0, 0.1) is 6.92 Å². The van der Waals surface area contributed by atoms with Crippen molar-refractivity contribution in [3.63, 3.8) is 0 Å². The zero-order chi connectivity index (χ0) is 13.0. The van der Waals surface area contributed by atoms with Gasteiger partial charge in [-0.25, -0.2) is 0 Å². The summed E-state index contributed by atoms with van der Waals surface area (Å²) in [5.74, 6) is 0.281. The summed E-state index contributed by atoms with van der Waals surface area (Å²) >= 11 is 0. The molecule has 0 spiro atoms. The number of aryl methyl sites for hydroxylation is 1. The minimum absolute atomic E-state index is 0.281. The predicted octanol–water partition coefficient (Wildman–Crippen LogP) is 4.42. The third kappa shape index (κ3) is 3.13. The summed E-state index contributed by atoms with van der Waals surface area (Å²) in [5, 5.41) is 9.43. The number of aromatic hydroxyl groups is 1. The molecule has 0 heterocycles. The molecule has 0 aliphatic rings. The van der Waals surface area contributed by atoms with Crippen molar-refractivity contribution in [2.45, 2.75) is 13.8 Å². The Kier molecular flexibility index (Phi) is 3.66. The first-order valence-electron chi connectivity index (χ1n) is 5.94. The fourth-order valence-electron chi connectivity index (χ4n) is 1.68. The van der Waals surface area contributed by atoms with Gasteiger partial charge in [-0.05, 0) is 48.8 Å². The van der Waals surface area contributed by atoms with Crippen LogP contribution < -0.4 is 0 Å². The van der Waals surface area contributed by atoms with Crippen LogP contribution in [0.15, 0.2) is 54.3 Å². The minimum atomic E-state index is 0.281. The third-order valence-electron chi connectivity index (χ3n) is 2.81. The summed E-state index contributed by atoms with van der Waals surface area (Å²) in [4.78, 5) is 0. The van der Waals surface area contributed by atoms with E-state index in [1.165, 1.54) is 5.56 Å². The lowest BCUT2D eigenvalue weighted by Gasteiger charge is -1.99. The van der Waals surface area contributed by atoms with E-state index in [0.29, 0.717) is 0 Å². The highest BCUT2D eigenvalue weighted by molar-refractivity contribution is 5.68. The highest BCUT2D eigenvalue weighted by Gasteiger charge is 1.95. The molecule has 0 bridgehead atoms. The van der Waals surface area contributed by atoms with E-state index in [9.17, 15) is 5.11 Å². The second kappa shape index (κ2) is 5.39. The molecule has 0 fully saturated rings. The summed E-state index contributed by atoms with van der Waals surface area (Å²) in [7, 11) is 0. The number of phenols is 1. The number of hydrogen-bond donors (Lipinski definition) is 1. The van der Waals surface area contributed by atoms with Gasteiger partial charge in [0.1, 0.15) is 5.75 Å². The van der Waals surface area contributed by atoms with Crippen molar-refractivity contribution in [3.05, 3.63) is 71.0 Å². The fraction of sp³-hybridized carbons (Fsp3) is 0.118. The van der Waals surface area contributed by atoms with Gasteiger partial charge in [-0.15, -0.1) is 5.73 Å². The molecule has 2 aromatic rings. The van der Waals surface area contributed by atoms with Crippen LogP contribution in [0.3, 0.4) is 0 Å². The number of rotatable bonds is 2. The number of benzene rings is 2. The topological polar surface area (TPSA) is 20.2 Å². The molecule has 18 heavy (non-hydrogen) atoms. The van der Waals surface area contributed by atoms with Crippen molar-refractivity contribution in [1.82, 2.24) is 0 Å². The van der Waals surface area contributed by atoms with Crippen LogP contribution in [-0.2, 0) is 0 Å². The lowest BCUT2D eigenvalue weighted by Crippen LogP contribution is -1.77. The van der Waals surface area contributed by atoms with E-state index in [-0.39, 0.29) is 5.75 Å². The second-order valence-corrected chi connectivity index (χ2v) is 4.37. The number of allylic oxidation sites excluding steroid dienone is 1. The normalized spacial score (nSPS) is 9.67. The molecule has 2 aromatic carbocycles. The summed E-state index contributed by atoms with van der Waals surface area (Å²) in [6.07, 6.45) is 1.96. The minimum Gasteiger partial charge on any atom is -0.508 e. The summed E-state index contributed by atoms with van der Waals surface area (Å²) < 4.78 is 0. The van der Waals surface area contributed by atoms with Crippen molar-refractivity contribution in [2.75, 3.05) is 0 Å². The zero-order valence-corrected chi connectivity index (χ0v) is 10.6. The predicted molar refractivity (Wildman–Crippen MR) is 76.3 cm³/mol. The first-order chi connectivity index (χ1) is 8.65. The molecule has 0 saturated heterocycles. The quantitative estimate of drug-likeness (QED) is 0.765. The Morgan fingerprint density at radius 3 is 2.50 bits per heavy atom. The van der Waals surface area contributed by atoms with Crippen LogP contribution >= 0.6 is 0 Å². The molecule has 1 nitrogen and oxygen atoms in total. The van der Waals surface area contributed by atoms with Gasteiger partial charge >= 0.3 is 0 Å². The Balaban J connectivity index is 2.30. The lowest BCUT2D eigenvalue weighted by molar-refractivity contribution is 0.475. The third-order valence-corrected chi connectivity index (χ3v) is 2.81. The SMILES string of the molecule is CC(=C=Cc1ccc(C)cc1)c1cccc(O)c1. The maximum absolute atomic E-state index is 9.43. The molecular weight excluding hydrogens is 220 g/mol. The monoisotopic (exact) mass is 236 g/mol. The van der Waals surface area contributed by atoms with Crippen molar-refractivity contribution < 1.29 is 5.11 Å². The van der Waals surface area contributed by atoms with Crippen molar-refractivity contribution in [2.24, 2.45) is 0 Å². The van der Waals surface area contributed by atoms with Crippen LogP contribution in [0.1, 0.15) is 23.6 Å². The highest BCUT2D eigenvalue weighted by Crippen LogP contribution is 2.18. The van der Waals surface area contributed by atoms with Gasteiger partial charge in [0, 0.05) is 0 Å². The second-order valence-electron chi connectivity index (χ2n) is 4.37. The van der Waals surface area contributed by atoms with Crippen LogP contribution in [0.4, 0.5) is 0 Å². The highest BCUT2D eigenvalue weighted by atomic mass is 16.3. The summed E-state index contributed by atoms with van der Waals surface area (Å²) in [6.45, 7) is 4.06. The van der Waals surface area contributed by atoms with Crippen LogP contribution in [0.25, 0.3) is 11.6 Å². The van der Waals surface area contributed by atoms with Crippen LogP contribution in [0.5, 0.6) is 5.75 Å². The molecule has 90 valence electrons. The molecule has 0 atom stereocenters. The van der Waals surface area contributed by atoms with Crippen molar-refractivity contribution in [1.29, 1.82) is 0 Å². The first kappa shape index (κ1) is 12.2.